The molecule has 0 aliphatic carbocycles. The lowest BCUT2D eigenvalue weighted by Crippen LogP contribution is -2.39. The van der Waals surface area contributed by atoms with E-state index in [4.69, 9.17) is 15.0 Å². The van der Waals surface area contributed by atoms with Gasteiger partial charge >= 0.3 is 0 Å². The molecular weight excluding hydrogens is 242 g/mol. The van der Waals surface area contributed by atoms with Crippen LogP contribution in [0.1, 0.15) is 64.1 Å². The number of ether oxygens (including phenoxy) is 1. The lowest BCUT2D eigenvalue weighted by atomic mass is 10.1. The zero-order chi connectivity index (χ0) is 14.1. The minimum absolute atomic E-state index is 0.378. The average molecular weight is 269 g/mol. The Labute approximate surface area is 115 Å². The first kappa shape index (κ1) is 16.1. The molecule has 1 aromatic heterocycles. The standard InChI is InChI=1S/C14H27N3O2/c1-4-5-6-7-8-9-10-12-16-13(17-19-12)14(2,15)11-18-3/h4-11,15H2,1-3H3. The average Bonchev–Trinajstić information content (AvgIpc) is 2.83. The summed E-state index contributed by atoms with van der Waals surface area (Å²) in [7, 11) is 1.61. The van der Waals surface area contributed by atoms with Gasteiger partial charge in [-0.15, -0.1) is 0 Å². The van der Waals surface area contributed by atoms with E-state index in [1.807, 2.05) is 6.92 Å². The molecule has 0 aliphatic rings. The van der Waals surface area contributed by atoms with E-state index in [1.165, 1.54) is 32.1 Å². The number of aryl methyl sites for hydroxylation is 1. The van der Waals surface area contributed by atoms with Crippen molar-refractivity contribution >= 4 is 0 Å². The molecular formula is C14H27N3O2. The first-order chi connectivity index (χ1) is 9.10. The van der Waals surface area contributed by atoms with Gasteiger partial charge in [0.15, 0.2) is 5.82 Å². The van der Waals surface area contributed by atoms with Gasteiger partial charge in [-0.25, -0.2) is 0 Å². The molecule has 0 bridgehead atoms. The third-order valence-corrected chi connectivity index (χ3v) is 3.17. The van der Waals surface area contributed by atoms with Crippen molar-refractivity contribution in [1.82, 2.24) is 10.1 Å². The Balaban J connectivity index is 2.31. The van der Waals surface area contributed by atoms with Crippen LogP contribution in [-0.2, 0) is 16.7 Å². The molecule has 1 atom stereocenters. The van der Waals surface area contributed by atoms with Crippen LogP contribution in [0.15, 0.2) is 4.52 Å². The zero-order valence-electron chi connectivity index (χ0n) is 12.4. The SMILES string of the molecule is CCCCCCCCc1nc(C(C)(N)COC)no1. The van der Waals surface area contributed by atoms with Gasteiger partial charge in [0.25, 0.3) is 0 Å². The van der Waals surface area contributed by atoms with E-state index < -0.39 is 5.54 Å². The van der Waals surface area contributed by atoms with Gasteiger partial charge < -0.3 is 15.0 Å². The van der Waals surface area contributed by atoms with Crippen molar-refractivity contribution in [2.45, 2.75) is 64.3 Å². The van der Waals surface area contributed by atoms with Gasteiger partial charge in [-0.3, -0.25) is 0 Å². The van der Waals surface area contributed by atoms with Gasteiger partial charge in [0.1, 0.15) is 5.54 Å². The molecule has 1 heterocycles. The van der Waals surface area contributed by atoms with Gasteiger partial charge in [-0.1, -0.05) is 44.2 Å². The second-order valence-electron chi connectivity index (χ2n) is 5.38. The summed E-state index contributed by atoms with van der Waals surface area (Å²) in [5.41, 5.74) is 5.38. The topological polar surface area (TPSA) is 74.2 Å². The fourth-order valence-corrected chi connectivity index (χ4v) is 2.01. The molecule has 0 amide bonds. The molecule has 0 fully saturated rings. The normalized spacial score (nSPS) is 14.5. The van der Waals surface area contributed by atoms with Crippen LogP contribution in [0.25, 0.3) is 0 Å². The molecule has 1 rings (SSSR count). The molecule has 0 aromatic carbocycles. The van der Waals surface area contributed by atoms with Gasteiger partial charge in [0.2, 0.25) is 5.89 Å². The number of unbranched alkanes of at least 4 members (excludes halogenated alkanes) is 5. The molecule has 0 radical (unpaired) electrons. The summed E-state index contributed by atoms with van der Waals surface area (Å²) in [5, 5.41) is 3.94. The minimum Gasteiger partial charge on any atom is -0.382 e. The lowest BCUT2D eigenvalue weighted by molar-refractivity contribution is 0.135. The number of aromatic nitrogens is 2. The van der Waals surface area contributed by atoms with E-state index >= 15 is 0 Å². The van der Waals surface area contributed by atoms with Crippen molar-refractivity contribution in [2.24, 2.45) is 5.73 Å². The third kappa shape index (κ3) is 5.70. The van der Waals surface area contributed by atoms with Gasteiger partial charge in [0.05, 0.1) is 6.61 Å². The molecule has 1 unspecified atom stereocenters. The molecule has 0 saturated carbocycles. The van der Waals surface area contributed by atoms with Crippen LogP contribution in [0, 0.1) is 0 Å². The molecule has 1 aromatic rings. The quantitative estimate of drug-likeness (QED) is 0.661. The van der Waals surface area contributed by atoms with E-state index in [0.29, 0.717) is 18.3 Å². The van der Waals surface area contributed by atoms with Crippen molar-refractivity contribution in [1.29, 1.82) is 0 Å². The first-order valence-corrected chi connectivity index (χ1v) is 7.21. The highest BCUT2D eigenvalue weighted by Gasteiger charge is 2.27. The van der Waals surface area contributed by atoms with Crippen LogP contribution < -0.4 is 5.73 Å². The molecule has 5 heteroatoms. The van der Waals surface area contributed by atoms with E-state index in [9.17, 15) is 0 Å². The summed E-state index contributed by atoms with van der Waals surface area (Å²) in [4.78, 5) is 4.35. The highest BCUT2D eigenvalue weighted by Crippen LogP contribution is 2.15. The summed E-state index contributed by atoms with van der Waals surface area (Å²) >= 11 is 0. The van der Waals surface area contributed by atoms with Crippen molar-refractivity contribution in [3.63, 3.8) is 0 Å². The van der Waals surface area contributed by atoms with E-state index in [-0.39, 0.29) is 0 Å². The second kappa shape index (κ2) is 8.27. The molecule has 110 valence electrons. The number of methoxy groups -OCH3 is 1. The number of rotatable bonds is 10. The van der Waals surface area contributed by atoms with Crippen LogP contribution in [0.4, 0.5) is 0 Å². The van der Waals surface area contributed by atoms with Crippen LogP contribution in [0.2, 0.25) is 0 Å². The van der Waals surface area contributed by atoms with Crippen molar-refractivity contribution < 1.29 is 9.26 Å². The molecule has 0 saturated heterocycles. The summed E-state index contributed by atoms with van der Waals surface area (Å²) < 4.78 is 10.3. The summed E-state index contributed by atoms with van der Waals surface area (Å²) in [6.07, 6.45) is 8.36. The Hall–Kier alpha value is -0.940. The molecule has 0 spiro atoms. The Morgan fingerprint density at radius 1 is 1.21 bits per heavy atom. The Kier molecular flexibility index (Phi) is 7.02. The maximum atomic E-state index is 6.06. The highest BCUT2D eigenvalue weighted by molar-refractivity contribution is 5.01. The summed E-state index contributed by atoms with van der Waals surface area (Å²) in [6, 6.07) is 0. The highest BCUT2D eigenvalue weighted by atomic mass is 16.5. The van der Waals surface area contributed by atoms with Crippen LogP contribution >= 0.6 is 0 Å². The number of nitrogens with zero attached hydrogens (tertiary/aromatic N) is 2. The van der Waals surface area contributed by atoms with Crippen molar-refractivity contribution in [3.8, 4) is 0 Å². The number of nitrogens with two attached hydrogens (primary N) is 1. The van der Waals surface area contributed by atoms with Crippen molar-refractivity contribution in [2.75, 3.05) is 13.7 Å². The summed E-state index contributed by atoms with van der Waals surface area (Å²) in [5.74, 6) is 1.20. The van der Waals surface area contributed by atoms with Crippen LogP contribution in [0.3, 0.4) is 0 Å². The van der Waals surface area contributed by atoms with E-state index in [0.717, 1.165) is 12.8 Å². The maximum absolute atomic E-state index is 6.06. The predicted octanol–water partition coefficient (Wildman–Crippen LogP) is 2.79. The largest absolute Gasteiger partial charge is 0.382 e. The zero-order valence-corrected chi connectivity index (χ0v) is 12.4. The van der Waals surface area contributed by atoms with E-state index in [2.05, 4.69) is 17.1 Å². The van der Waals surface area contributed by atoms with Gasteiger partial charge in [-0.2, -0.15) is 4.98 Å². The second-order valence-corrected chi connectivity index (χ2v) is 5.38. The fraction of sp³-hybridized carbons (Fsp3) is 0.857. The predicted molar refractivity (Wildman–Crippen MR) is 74.8 cm³/mol. The monoisotopic (exact) mass is 269 g/mol. The smallest absolute Gasteiger partial charge is 0.226 e. The molecule has 19 heavy (non-hydrogen) atoms. The molecule has 5 nitrogen and oxygen atoms in total. The Morgan fingerprint density at radius 3 is 2.58 bits per heavy atom. The summed E-state index contributed by atoms with van der Waals surface area (Å²) in [6.45, 7) is 4.45. The molecule has 2 N–H and O–H groups in total. The third-order valence-electron chi connectivity index (χ3n) is 3.17. The van der Waals surface area contributed by atoms with Crippen LogP contribution in [-0.4, -0.2) is 23.9 Å². The van der Waals surface area contributed by atoms with Gasteiger partial charge in [0, 0.05) is 13.5 Å². The van der Waals surface area contributed by atoms with Crippen molar-refractivity contribution in [3.05, 3.63) is 11.7 Å². The number of hydrogen-bond acceptors (Lipinski definition) is 5. The van der Waals surface area contributed by atoms with E-state index in [1.54, 1.807) is 7.11 Å². The van der Waals surface area contributed by atoms with Gasteiger partial charge in [-0.05, 0) is 13.3 Å². The Bertz CT molecular complexity index is 350. The fourth-order valence-electron chi connectivity index (χ4n) is 2.01. The maximum Gasteiger partial charge on any atom is 0.226 e. The molecule has 0 aliphatic heterocycles. The minimum atomic E-state index is -0.683. The number of hydrogen-bond donors (Lipinski definition) is 1. The Morgan fingerprint density at radius 2 is 1.89 bits per heavy atom. The lowest BCUT2D eigenvalue weighted by Gasteiger charge is -2.18. The van der Waals surface area contributed by atoms with Crippen LogP contribution in [0.5, 0.6) is 0 Å². The first-order valence-electron chi connectivity index (χ1n) is 7.21.